The minimum atomic E-state index is -0.380. The van der Waals surface area contributed by atoms with E-state index in [0.717, 1.165) is 37.0 Å². The zero-order chi connectivity index (χ0) is 18.3. The van der Waals surface area contributed by atoms with Crippen LogP contribution >= 0.6 is 0 Å². The van der Waals surface area contributed by atoms with Crippen LogP contribution in [0.25, 0.3) is 0 Å². The van der Waals surface area contributed by atoms with Crippen molar-refractivity contribution in [3.05, 3.63) is 30.1 Å². The summed E-state index contributed by atoms with van der Waals surface area (Å²) in [5.41, 5.74) is 4.75. The fourth-order valence-electron chi connectivity index (χ4n) is 3.02. The molecule has 0 saturated heterocycles. The first kappa shape index (κ1) is 19.1. The Balaban J connectivity index is 1.69. The molecule has 0 bridgehead atoms. The van der Waals surface area contributed by atoms with Crippen LogP contribution in [0.2, 0.25) is 0 Å². The molecule has 0 atom stereocenters. The number of pyridine rings is 1. The summed E-state index contributed by atoms with van der Waals surface area (Å²) in [4.78, 5) is 27.6. The van der Waals surface area contributed by atoms with Gasteiger partial charge in [-0.1, -0.05) is 26.8 Å². The molecule has 1 heterocycles. The van der Waals surface area contributed by atoms with Gasteiger partial charge in [0.25, 0.3) is 0 Å². The van der Waals surface area contributed by atoms with Gasteiger partial charge in [0.1, 0.15) is 6.42 Å². The molecule has 2 rings (SSSR count). The second-order valence-corrected chi connectivity index (χ2v) is 7.67. The Morgan fingerprint density at radius 1 is 1.24 bits per heavy atom. The molecule has 136 valence electrons. The lowest BCUT2D eigenvalue weighted by Crippen LogP contribution is -2.31. The van der Waals surface area contributed by atoms with Gasteiger partial charge in [0.2, 0.25) is 11.8 Å². The van der Waals surface area contributed by atoms with Crippen LogP contribution in [0.3, 0.4) is 0 Å². The molecule has 25 heavy (non-hydrogen) atoms. The average Bonchev–Trinajstić information content (AvgIpc) is 2.59. The SMILES string of the molecule is CC(C)(C)C1CCC(=NNC(=O)CC(=O)NCc2cccnc2)CC1. The van der Waals surface area contributed by atoms with Gasteiger partial charge in [-0.3, -0.25) is 14.6 Å². The van der Waals surface area contributed by atoms with Crippen molar-refractivity contribution in [3.8, 4) is 0 Å². The Labute approximate surface area is 149 Å². The predicted octanol–water partition coefficient (Wildman–Crippen LogP) is 2.80. The van der Waals surface area contributed by atoms with Crippen molar-refractivity contribution in [2.75, 3.05) is 0 Å². The van der Waals surface area contributed by atoms with Crippen LogP contribution in [0, 0.1) is 11.3 Å². The smallest absolute Gasteiger partial charge is 0.249 e. The van der Waals surface area contributed by atoms with E-state index >= 15 is 0 Å². The summed E-state index contributed by atoms with van der Waals surface area (Å²) < 4.78 is 0. The van der Waals surface area contributed by atoms with Crippen molar-refractivity contribution >= 4 is 17.5 Å². The summed E-state index contributed by atoms with van der Waals surface area (Å²) in [5.74, 6) is -0.00692. The Morgan fingerprint density at radius 2 is 1.96 bits per heavy atom. The standard InChI is InChI=1S/C19H28N4O2/c1-19(2,3)15-6-8-16(9-7-15)22-23-18(25)11-17(24)21-13-14-5-4-10-20-12-14/h4-5,10,12,15H,6-9,11,13H2,1-3H3,(H,21,24)(H,23,25). The summed E-state index contributed by atoms with van der Waals surface area (Å²) in [6.45, 7) is 7.17. The number of carbonyl (C=O) groups excluding carboxylic acids is 2. The number of hydrazone groups is 1. The number of nitrogens with zero attached hydrogens (tertiary/aromatic N) is 2. The monoisotopic (exact) mass is 344 g/mol. The molecule has 6 heteroatoms. The molecule has 1 saturated carbocycles. The van der Waals surface area contributed by atoms with Gasteiger partial charge in [-0.15, -0.1) is 0 Å². The third kappa shape index (κ3) is 6.64. The van der Waals surface area contributed by atoms with Crippen LogP contribution in [0.5, 0.6) is 0 Å². The molecular weight excluding hydrogens is 316 g/mol. The number of aromatic nitrogens is 1. The Hall–Kier alpha value is -2.24. The van der Waals surface area contributed by atoms with E-state index in [4.69, 9.17) is 0 Å². The highest BCUT2D eigenvalue weighted by Crippen LogP contribution is 2.36. The maximum absolute atomic E-state index is 11.8. The molecule has 2 amide bonds. The fourth-order valence-corrected chi connectivity index (χ4v) is 3.02. The van der Waals surface area contributed by atoms with Gasteiger partial charge in [0, 0.05) is 24.7 Å². The van der Waals surface area contributed by atoms with Gasteiger partial charge in [-0.25, -0.2) is 5.43 Å². The highest BCUT2D eigenvalue weighted by molar-refractivity contribution is 5.97. The van der Waals surface area contributed by atoms with Crippen LogP contribution in [0.1, 0.15) is 58.4 Å². The number of carbonyl (C=O) groups is 2. The summed E-state index contributed by atoms with van der Waals surface area (Å²) >= 11 is 0. The topological polar surface area (TPSA) is 83.5 Å². The zero-order valence-corrected chi connectivity index (χ0v) is 15.3. The Bertz CT molecular complexity index is 610. The molecule has 1 fully saturated rings. The molecule has 0 aromatic carbocycles. The number of amides is 2. The fraction of sp³-hybridized carbons (Fsp3) is 0.579. The molecule has 2 N–H and O–H groups in total. The first-order chi connectivity index (χ1) is 11.8. The normalized spacial score (nSPS) is 17.7. The summed E-state index contributed by atoms with van der Waals surface area (Å²) in [7, 11) is 0. The number of hydrogen-bond acceptors (Lipinski definition) is 4. The molecular formula is C19H28N4O2. The second kappa shape index (κ2) is 8.74. The molecule has 1 aliphatic carbocycles. The quantitative estimate of drug-likeness (QED) is 0.636. The largest absolute Gasteiger partial charge is 0.352 e. The van der Waals surface area contributed by atoms with E-state index in [1.54, 1.807) is 18.5 Å². The predicted molar refractivity (Wildman–Crippen MR) is 97.7 cm³/mol. The van der Waals surface area contributed by atoms with Crippen LogP contribution < -0.4 is 10.7 Å². The highest BCUT2D eigenvalue weighted by atomic mass is 16.2. The van der Waals surface area contributed by atoms with E-state index in [0.29, 0.717) is 17.9 Å². The number of rotatable bonds is 5. The van der Waals surface area contributed by atoms with Crippen molar-refractivity contribution in [2.24, 2.45) is 16.4 Å². The van der Waals surface area contributed by atoms with Crippen LogP contribution in [0.4, 0.5) is 0 Å². The van der Waals surface area contributed by atoms with Crippen molar-refractivity contribution < 1.29 is 9.59 Å². The molecule has 0 radical (unpaired) electrons. The second-order valence-electron chi connectivity index (χ2n) is 7.67. The van der Waals surface area contributed by atoms with Gasteiger partial charge in [0.05, 0.1) is 0 Å². The van der Waals surface area contributed by atoms with E-state index in [1.807, 2.05) is 6.07 Å². The van der Waals surface area contributed by atoms with Gasteiger partial charge in [-0.2, -0.15) is 5.10 Å². The van der Waals surface area contributed by atoms with Crippen molar-refractivity contribution in [2.45, 2.75) is 59.4 Å². The number of nitrogens with one attached hydrogen (secondary N) is 2. The highest BCUT2D eigenvalue weighted by Gasteiger charge is 2.28. The van der Waals surface area contributed by atoms with Gasteiger partial charge < -0.3 is 5.32 Å². The summed E-state index contributed by atoms with van der Waals surface area (Å²) in [6, 6.07) is 3.67. The minimum Gasteiger partial charge on any atom is -0.352 e. The van der Waals surface area contributed by atoms with Crippen LogP contribution in [0.15, 0.2) is 29.6 Å². The average molecular weight is 344 g/mol. The zero-order valence-electron chi connectivity index (χ0n) is 15.3. The van der Waals surface area contributed by atoms with E-state index < -0.39 is 0 Å². The lowest BCUT2D eigenvalue weighted by molar-refractivity contribution is -0.129. The molecule has 1 aromatic rings. The third-order valence-corrected chi connectivity index (χ3v) is 4.66. The number of hydrogen-bond donors (Lipinski definition) is 2. The lowest BCUT2D eigenvalue weighted by Gasteiger charge is -2.34. The van der Waals surface area contributed by atoms with E-state index in [1.165, 1.54) is 0 Å². The first-order valence-electron chi connectivity index (χ1n) is 8.84. The minimum absolute atomic E-state index is 0.221. The van der Waals surface area contributed by atoms with E-state index in [-0.39, 0.29) is 18.2 Å². The van der Waals surface area contributed by atoms with Crippen molar-refractivity contribution in [1.29, 1.82) is 0 Å². The van der Waals surface area contributed by atoms with Gasteiger partial charge in [-0.05, 0) is 48.6 Å². The molecule has 0 unspecified atom stereocenters. The Kier molecular flexibility index (Phi) is 6.67. The lowest BCUT2D eigenvalue weighted by atomic mass is 9.72. The maximum Gasteiger partial charge on any atom is 0.249 e. The maximum atomic E-state index is 11.8. The molecule has 0 spiro atoms. The molecule has 1 aliphatic rings. The molecule has 1 aromatic heterocycles. The summed E-state index contributed by atoms with van der Waals surface area (Å²) in [6.07, 6.45) is 7.16. The van der Waals surface area contributed by atoms with Crippen molar-refractivity contribution in [1.82, 2.24) is 15.7 Å². The molecule has 6 nitrogen and oxygen atoms in total. The first-order valence-corrected chi connectivity index (χ1v) is 8.84. The summed E-state index contributed by atoms with van der Waals surface area (Å²) in [5, 5.41) is 6.90. The molecule has 0 aliphatic heterocycles. The van der Waals surface area contributed by atoms with Crippen LogP contribution in [-0.4, -0.2) is 22.5 Å². The third-order valence-electron chi connectivity index (χ3n) is 4.66. The van der Waals surface area contributed by atoms with Crippen LogP contribution in [-0.2, 0) is 16.1 Å². The Morgan fingerprint density at radius 3 is 2.56 bits per heavy atom. The van der Waals surface area contributed by atoms with E-state index in [9.17, 15) is 9.59 Å². The van der Waals surface area contributed by atoms with E-state index in [2.05, 4.69) is 41.6 Å². The van der Waals surface area contributed by atoms with Gasteiger partial charge in [0.15, 0.2) is 0 Å². The van der Waals surface area contributed by atoms with Gasteiger partial charge >= 0.3 is 0 Å². The van der Waals surface area contributed by atoms with Crippen molar-refractivity contribution in [3.63, 3.8) is 0 Å².